The Morgan fingerprint density at radius 3 is 2.39 bits per heavy atom. The Morgan fingerprint density at radius 1 is 0.929 bits per heavy atom. The number of ether oxygens (including phenoxy) is 1. The van der Waals surface area contributed by atoms with Crippen LogP contribution in [0.5, 0.6) is 0 Å². The number of benzene rings is 3. The van der Waals surface area contributed by atoms with Gasteiger partial charge in [-0.15, -0.1) is 0 Å². The van der Waals surface area contributed by atoms with Gasteiger partial charge in [0.2, 0.25) is 5.90 Å². The Morgan fingerprint density at radius 2 is 1.61 bits per heavy atom. The van der Waals surface area contributed by atoms with Gasteiger partial charge in [0.1, 0.15) is 0 Å². The summed E-state index contributed by atoms with van der Waals surface area (Å²) in [6.45, 7) is 0.488. The fourth-order valence-corrected chi connectivity index (χ4v) is 4.08. The molecule has 0 fully saturated rings. The van der Waals surface area contributed by atoms with Gasteiger partial charge in [-0.25, -0.2) is 4.99 Å². The van der Waals surface area contributed by atoms with E-state index in [2.05, 4.69) is 5.32 Å². The molecule has 0 aromatic heterocycles. The van der Waals surface area contributed by atoms with E-state index in [1.54, 1.807) is 0 Å². The van der Waals surface area contributed by atoms with Crippen molar-refractivity contribution in [3.63, 3.8) is 0 Å². The molecule has 0 unspecified atom stereocenters. The van der Waals surface area contributed by atoms with Crippen molar-refractivity contribution in [1.29, 1.82) is 0 Å². The SMILES string of the molecule is O=C1NCc2ccccc2[C@@H]2OC(c3ccccc3)=N[C@]12Cc1ccccc1. The third-order valence-electron chi connectivity index (χ3n) is 5.47. The number of carbonyl (C=O) groups is 1. The third kappa shape index (κ3) is 2.69. The number of nitrogens with one attached hydrogen (secondary N) is 1. The number of carbonyl (C=O) groups excluding carboxylic acids is 1. The molecule has 3 aromatic carbocycles. The molecule has 4 heteroatoms. The maximum atomic E-state index is 13.4. The van der Waals surface area contributed by atoms with Gasteiger partial charge in [0.25, 0.3) is 5.91 Å². The summed E-state index contributed by atoms with van der Waals surface area (Å²) < 4.78 is 6.39. The molecule has 2 atom stereocenters. The predicted molar refractivity (Wildman–Crippen MR) is 108 cm³/mol. The van der Waals surface area contributed by atoms with Crippen molar-refractivity contribution in [2.24, 2.45) is 4.99 Å². The number of rotatable bonds is 3. The minimum absolute atomic E-state index is 0.0940. The highest BCUT2D eigenvalue weighted by Crippen LogP contribution is 2.44. The molecular formula is C24H20N2O2. The number of hydrogen-bond acceptors (Lipinski definition) is 3. The van der Waals surface area contributed by atoms with E-state index in [1.165, 1.54) is 0 Å². The first-order chi connectivity index (χ1) is 13.8. The molecule has 0 spiro atoms. The van der Waals surface area contributed by atoms with E-state index >= 15 is 0 Å². The third-order valence-corrected chi connectivity index (χ3v) is 5.47. The van der Waals surface area contributed by atoms with E-state index in [-0.39, 0.29) is 5.91 Å². The monoisotopic (exact) mass is 368 g/mol. The summed E-state index contributed by atoms with van der Waals surface area (Å²) in [6.07, 6.45) is 0.0243. The number of hydrogen-bond donors (Lipinski definition) is 1. The molecule has 1 N–H and O–H groups in total. The van der Waals surface area contributed by atoms with E-state index in [0.717, 1.165) is 22.3 Å². The maximum Gasteiger partial charge on any atom is 0.252 e. The van der Waals surface area contributed by atoms with Crippen molar-refractivity contribution >= 4 is 11.8 Å². The van der Waals surface area contributed by atoms with Crippen molar-refractivity contribution in [3.8, 4) is 0 Å². The highest BCUT2D eigenvalue weighted by atomic mass is 16.5. The van der Waals surface area contributed by atoms with Crippen LogP contribution in [0.4, 0.5) is 0 Å². The average Bonchev–Trinajstić information content (AvgIpc) is 3.09. The van der Waals surface area contributed by atoms with Crippen LogP contribution in [0.1, 0.15) is 28.4 Å². The molecular weight excluding hydrogens is 348 g/mol. The van der Waals surface area contributed by atoms with Crippen LogP contribution < -0.4 is 5.32 Å². The highest BCUT2D eigenvalue weighted by Gasteiger charge is 2.54. The van der Waals surface area contributed by atoms with Gasteiger partial charge in [-0.2, -0.15) is 0 Å². The molecule has 0 radical (unpaired) electrons. The van der Waals surface area contributed by atoms with Crippen LogP contribution in [0.3, 0.4) is 0 Å². The summed E-state index contributed by atoms with van der Waals surface area (Å²) in [4.78, 5) is 18.3. The van der Waals surface area contributed by atoms with Crippen LogP contribution in [-0.4, -0.2) is 17.3 Å². The molecule has 0 bridgehead atoms. The van der Waals surface area contributed by atoms with Crippen LogP contribution in [-0.2, 0) is 22.5 Å². The van der Waals surface area contributed by atoms with Gasteiger partial charge in [0.05, 0.1) is 0 Å². The summed E-state index contributed by atoms with van der Waals surface area (Å²) >= 11 is 0. The molecule has 0 saturated heterocycles. The lowest BCUT2D eigenvalue weighted by molar-refractivity contribution is -0.128. The molecule has 5 rings (SSSR count). The smallest absolute Gasteiger partial charge is 0.252 e. The standard InChI is InChI=1S/C24H20N2O2/c27-23-24(15-17-9-3-1-4-10-17)21(20-14-8-7-13-19(20)16-25-23)28-22(26-24)18-11-5-2-6-12-18/h1-14,21H,15-16H2,(H,25,27)/t21-,24-/m0/s1. The van der Waals surface area contributed by atoms with Gasteiger partial charge in [0.15, 0.2) is 11.6 Å². The molecule has 3 aromatic rings. The van der Waals surface area contributed by atoms with Gasteiger partial charge in [0, 0.05) is 24.1 Å². The van der Waals surface area contributed by atoms with Gasteiger partial charge >= 0.3 is 0 Å². The van der Waals surface area contributed by atoms with Gasteiger partial charge in [-0.05, 0) is 23.3 Å². The average molecular weight is 368 g/mol. The fourth-order valence-electron chi connectivity index (χ4n) is 4.08. The lowest BCUT2D eigenvalue weighted by Crippen LogP contribution is -2.47. The lowest BCUT2D eigenvalue weighted by atomic mass is 9.82. The second-order valence-electron chi connectivity index (χ2n) is 7.25. The van der Waals surface area contributed by atoms with Crippen LogP contribution in [0, 0.1) is 0 Å². The first kappa shape index (κ1) is 16.8. The van der Waals surface area contributed by atoms with Gasteiger partial charge in [-0.1, -0.05) is 72.8 Å². The van der Waals surface area contributed by atoms with Crippen LogP contribution >= 0.6 is 0 Å². The quantitative estimate of drug-likeness (QED) is 0.764. The van der Waals surface area contributed by atoms with Crippen molar-refractivity contribution in [1.82, 2.24) is 5.32 Å². The fraction of sp³-hybridized carbons (Fsp3) is 0.167. The lowest BCUT2D eigenvalue weighted by Gasteiger charge is -2.28. The second-order valence-corrected chi connectivity index (χ2v) is 7.25. The molecule has 4 nitrogen and oxygen atoms in total. The van der Waals surface area contributed by atoms with E-state index in [0.29, 0.717) is 18.9 Å². The zero-order valence-electron chi connectivity index (χ0n) is 15.3. The Balaban J connectivity index is 1.68. The summed E-state index contributed by atoms with van der Waals surface area (Å²) in [5.74, 6) is 0.428. The molecule has 2 heterocycles. The Kier molecular flexibility index (Phi) is 3.97. The van der Waals surface area contributed by atoms with E-state index in [4.69, 9.17) is 9.73 Å². The maximum absolute atomic E-state index is 13.4. The normalized spacial score (nSPS) is 22.9. The molecule has 2 aliphatic rings. The first-order valence-corrected chi connectivity index (χ1v) is 9.48. The van der Waals surface area contributed by atoms with Crippen LogP contribution in [0.15, 0.2) is 89.9 Å². The molecule has 0 saturated carbocycles. The van der Waals surface area contributed by atoms with Crippen molar-refractivity contribution in [3.05, 3.63) is 107 Å². The number of fused-ring (bicyclic) bond motifs is 3. The Labute approximate surface area is 163 Å². The minimum atomic E-state index is -1.03. The highest BCUT2D eigenvalue weighted by molar-refractivity contribution is 6.01. The van der Waals surface area contributed by atoms with Crippen LogP contribution in [0.2, 0.25) is 0 Å². The van der Waals surface area contributed by atoms with Crippen LogP contribution in [0.25, 0.3) is 0 Å². The second kappa shape index (κ2) is 6.64. The minimum Gasteiger partial charge on any atom is -0.466 e. The van der Waals surface area contributed by atoms with Crippen molar-refractivity contribution < 1.29 is 9.53 Å². The van der Waals surface area contributed by atoms with E-state index in [1.807, 2.05) is 84.9 Å². The predicted octanol–water partition coefficient (Wildman–Crippen LogP) is 3.82. The summed E-state index contributed by atoms with van der Waals surface area (Å²) in [5, 5.41) is 3.08. The zero-order chi connectivity index (χ0) is 19.0. The number of amides is 1. The largest absolute Gasteiger partial charge is 0.466 e. The van der Waals surface area contributed by atoms with E-state index in [9.17, 15) is 4.79 Å². The molecule has 2 aliphatic heterocycles. The molecule has 28 heavy (non-hydrogen) atoms. The van der Waals surface area contributed by atoms with Gasteiger partial charge in [-0.3, -0.25) is 4.79 Å². The summed E-state index contributed by atoms with van der Waals surface area (Å²) in [7, 11) is 0. The number of nitrogens with zero attached hydrogens (tertiary/aromatic N) is 1. The Hall–Kier alpha value is -3.40. The summed E-state index contributed by atoms with van der Waals surface area (Å²) in [5.41, 5.74) is 3.00. The van der Waals surface area contributed by atoms with Crippen molar-refractivity contribution in [2.45, 2.75) is 24.6 Å². The molecule has 138 valence electrons. The van der Waals surface area contributed by atoms with E-state index < -0.39 is 11.6 Å². The first-order valence-electron chi connectivity index (χ1n) is 9.48. The van der Waals surface area contributed by atoms with Gasteiger partial charge < -0.3 is 10.1 Å². The number of aliphatic imine (C=N–C) groups is 1. The summed E-state index contributed by atoms with van der Waals surface area (Å²) in [6, 6.07) is 27.9. The molecule has 1 amide bonds. The van der Waals surface area contributed by atoms with Crippen molar-refractivity contribution in [2.75, 3.05) is 0 Å². The molecule has 0 aliphatic carbocycles. The Bertz CT molecular complexity index is 1050. The topological polar surface area (TPSA) is 50.7 Å². The zero-order valence-corrected chi connectivity index (χ0v) is 15.3.